The minimum atomic E-state index is -1.03. The Labute approximate surface area is 144 Å². The summed E-state index contributed by atoms with van der Waals surface area (Å²) in [6.07, 6.45) is 1.73. The number of carboxylic acid groups (broad SMARTS) is 1. The maximum Gasteiger partial charge on any atom is 0.341 e. The highest BCUT2D eigenvalue weighted by Gasteiger charge is 2.05. The molecule has 0 atom stereocenters. The van der Waals surface area contributed by atoms with E-state index in [1.807, 2.05) is 36.4 Å². The molecule has 0 saturated heterocycles. The smallest absolute Gasteiger partial charge is 0.341 e. The van der Waals surface area contributed by atoms with Crippen molar-refractivity contribution in [1.29, 1.82) is 5.26 Å². The van der Waals surface area contributed by atoms with Gasteiger partial charge in [0.1, 0.15) is 11.8 Å². The van der Waals surface area contributed by atoms with Gasteiger partial charge in [-0.3, -0.25) is 0 Å². The number of allylic oxidation sites excluding steroid dienone is 1. The Hall–Kier alpha value is -3.65. The molecule has 2 aromatic carbocycles. The molecule has 5 nitrogen and oxygen atoms in total. The van der Waals surface area contributed by atoms with Crippen molar-refractivity contribution >= 4 is 28.5 Å². The van der Waals surface area contributed by atoms with E-state index in [1.54, 1.807) is 30.3 Å². The standard InChI is InChI=1S/C20H14N2O3/c21-12-16(19-10-7-15-3-1-2-4-18(15)22-19)11-14-5-8-17(9-6-14)25-13-20(23)24/h1-11H,13H2,(H,23,24). The lowest BCUT2D eigenvalue weighted by Gasteiger charge is -2.04. The Morgan fingerprint density at radius 2 is 1.88 bits per heavy atom. The lowest BCUT2D eigenvalue weighted by molar-refractivity contribution is -0.139. The van der Waals surface area contributed by atoms with Crippen LogP contribution >= 0.6 is 0 Å². The van der Waals surface area contributed by atoms with Crippen LogP contribution in [0, 0.1) is 11.3 Å². The summed E-state index contributed by atoms with van der Waals surface area (Å²) in [5.41, 5.74) is 2.69. The zero-order valence-electron chi connectivity index (χ0n) is 13.2. The molecule has 0 amide bonds. The number of aliphatic carboxylic acids is 1. The van der Waals surface area contributed by atoms with Gasteiger partial charge in [-0.15, -0.1) is 0 Å². The summed E-state index contributed by atoms with van der Waals surface area (Å²) >= 11 is 0. The van der Waals surface area contributed by atoms with Gasteiger partial charge in [0.15, 0.2) is 6.61 Å². The zero-order chi connectivity index (χ0) is 17.6. The van der Waals surface area contributed by atoms with Gasteiger partial charge in [0.25, 0.3) is 0 Å². The molecular weight excluding hydrogens is 316 g/mol. The molecule has 25 heavy (non-hydrogen) atoms. The Kier molecular flexibility index (Phi) is 4.72. The van der Waals surface area contributed by atoms with Crippen molar-refractivity contribution in [2.24, 2.45) is 0 Å². The van der Waals surface area contributed by atoms with E-state index in [9.17, 15) is 10.1 Å². The fourth-order valence-corrected chi connectivity index (χ4v) is 2.35. The fraction of sp³-hybridized carbons (Fsp3) is 0.0500. The average Bonchev–Trinajstić information content (AvgIpc) is 2.65. The van der Waals surface area contributed by atoms with Gasteiger partial charge in [0, 0.05) is 5.39 Å². The number of pyridine rings is 1. The van der Waals surface area contributed by atoms with Gasteiger partial charge in [0.05, 0.1) is 16.8 Å². The summed E-state index contributed by atoms with van der Waals surface area (Å²) in [5, 5.41) is 19.1. The molecule has 0 saturated carbocycles. The SMILES string of the molecule is N#CC(=Cc1ccc(OCC(=O)O)cc1)c1ccc2ccccc2n1. The van der Waals surface area contributed by atoms with Gasteiger partial charge in [-0.2, -0.15) is 5.26 Å². The average molecular weight is 330 g/mol. The van der Waals surface area contributed by atoms with Crippen LogP contribution in [-0.4, -0.2) is 22.7 Å². The van der Waals surface area contributed by atoms with Gasteiger partial charge in [-0.1, -0.05) is 36.4 Å². The molecule has 3 aromatic rings. The number of ether oxygens (including phenoxy) is 1. The number of hydrogen-bond acceptors (Lipinski definition) is 4. The molecule has 1 N–H and O–H groups in total. The molecule has 3 rings (SSSR count). The van der Waals surface area contributed by atoms with Crippen LogP contribution in [0.1, 0.15) is 11.3 Å². The predicted octanol–water partition coefficient (Wildman–Crippen LogP) is 3.76. The van der Waals surface area contributed by atoms with Crippen molar-refractivity contribution in [3.8, 4) is 11.8 Å². The fourth-order valence-electron chi connectivity index (χ4n) is 2.35. The maximum atomic E-state index is 10.5. The van der Waals surface area contributed by atoms with Crippen LogP contribution in [0.15, 0.2) is 60.7 Å². The third-order valence-electron chi connectivity index (χ3n) is 3.55. The number of benzene rings is 2. The van der Waals surface area contributed by atoms with Gasteiger partial charge < -0.3 is 9.84 Å². The number of para-hydroxylation sites is 1. The largest absolute Gasteiger partial charge is 0.482 e. The third-order valence-corrected chi connectivity index (χ3v) is 3.55. The van der Waals surface area contributed by atoms with E-state index in [-0.39, 0.29) is 6.61 Å². The first-order chi connectivity index (χ1) is 12.2. The Balaban J connectivity index is 1.86. The van der Waals surface area contributed by atoms with Crippen LogP contribution in [0.3, 0.4) is 0 Å². The lowest BCUT2D eigenvalue weighted by Crippen LogP contribution is -2.09. The molecule has 5 heteroatoms. The zero-order valence-corrected chi connectivity index (χ0v) is 13.2. The van der Waals surface area contributed by atoms with Crippen molar-refractivity contribution in [2.75, 3.05) is 6.61 Å². The number of carbonyl (C=O) groups is 1. The molecule has 0 aliphatic rings. The Bertz CT molecular complexity index is 986. The number of hydrogen-bond donors (Lipinski definition) is 1. The molecule has 0 aliphatic carbocycles. The molecule has 1 aromatic heterocycles. The van der Waals surface area contributed by atoms with Gasteiger partial charge in [0.2, 0.25) is 0 Å². The van der Waals surface area contributed by atoms with Crippen molar-refractivity contribution in [2.45, 2.75) is 0 Å². The molecule has 0 spiro atoms. The quantitative estimate of drug-likeness (QED) is 0.720. The topological polar surface area (TPSA) is 83.2 Å². The van der Waals surface area contributed by atoms with E-state index in [0.29, 0.717) is 17.0 Å². The molecular formula is C20H14N2O3. The minimum absolute atomic E-state index is 0.389. The number of nitriles is 1. The van der Waals surface area contributed by atoms with Crippen LogP contribution < -0.4 is 4.74 Å². The predicted molar refractivity (Wildman–Crippen MR) is 94.8 cm³/mol. The first-order valence-corrected chi connectivity index (χ1v) is 7.58. The van der Waals surface area contributed by atoms with Crippen molar-refractivity contribution in [3.05, 3.63) is 71.9 Å². The molecule has 0 bridgehead atoms. The normalized spacial score (nSPS) is 11.1. The minimum Gasteiger partial charge on any atom is -0.482 e. The van der Waals surface area contributed by atoms with Gasteiger partial charge in [-0.25, -0.2) is 9.78 Å². The molecule has 1 heterocycles. The second-order valence-corrected chi connectivity index (χ2v) is 5.31. The van der Waals surface area contributed by atoms with E-state index < -0.39 is 5.97 Å². The summed E-state index contributed by atoms with van der Waals surface area (Å²) in [6.45, 7) is -0.389. The van der Waals surface area contributed by atoms with E-state index in [0.717, 1.165) is 16.5 Å². The second kappa shape index (κ2) is 7.28. The van der Waals surface area contributed by atoms with Crippen molar-refractivity contribution in [1.82, 2.24) is 4.98 Å². The van der Waals surface area contributed by atoms with Crippen LogP contribution in [-0.2, 0) is 4.79 Å². The summed E-state index contributed by atoms with van der Waals surface area (Å²) in [7, 11) is 0. The van der Waals surface area contributed by atoms with Crippen LogP contribution in [0.25, 0.3) is 22.6 Å². The molecule has 0 aliphatic heterocycles. The van der Waals surface area contributed by atoms with E-state index in [1.165, 1.54) is 0 Å². The molecule has 0 unspecified atom stereocenters. The first kappa shape index (κ1) is 16.2. The van der Waals surface area contributed by atoms with Crippen LogP contribution in [0.2, 0.25) is 0 Å². The third kappa shape index (κ3) is 4.01. The Morgan fingerprint density at radius 3 is 2.60 bits per heavy atom. The number of aromatic nitrogens is 1. The number of carboxylic acids is 1. The van der Waals surface area contributed by atoms with Crippen LogP contribution in [0.4, 0.5) is 0 Å². The summed E-state index contributed by atoms with van der Waals surface area (Å²) in [5.74, 6) is -0.569. The molecule has 0 fully saturated rings. The highest BCUT2D eigenvalue weighted by molar-refractivity contribution is 5.90. The maximum absolute atomic E-state index is 10.5. The van der Waals surface area contributed by atoms with Crippen molar-refractivity contribution in [3.63, 3.8) is 0 Å². The number of nitrogens with zero attached hydrogens (tertiary/aromatic N) is 2. The van der Waals surface area contributed by atoms with Gasteiger partial charge in [-0.05, 0) is 35.9 Å². The first-order valence-electron chi connectivity index (χ1n) is 7.58. The second-order valence-electron chi connectivity index (χ2n) is 5.31. The molecule has 122 valence electrons. The summed E-state index contributed by atoms with van der Waals surface area (Å²) < 4.78 is 5.09. The summed E-state index contributed by atoms with van der Waals surface area (Å²) in [6, 6.07) is 20.5. The van der Waals surface area contributed by atoms with Crippen molar-refractivity contribution < 1.29 is 14.6 Å². The molecule has 0 radical (unpaired) electrons. The summed E-state index contributed by atoms with van der Waals surface area (Å²) in [4.78, 5) is 15.0. The lowest BCUT2D eigenvalue weighted by atomic mass is 10.1. The highest BCUT2D eigenvalue weighted by Crippen LogP contribution is 2.21. The number of fused-ring (bicyclic) bond motifs is 1. The van der Waals surface area contributed by atoms with E-state index in [4.69, 9.17) is 9.84 Å². The van der Waals surface area contributed by atoms with Crippen LogP contribution in [0.5, 0.6) is 5.75 Å². The highest BCUT2D eigenvalue weighted by atomic mass is 16.5. The number of rotatable bonds is 5. The van der Waals surface area contributed by atoms with E-state index in [2.05, 4.69) is 11.1 Å². The van der Waals surface area contributed by atoms with Gasteiger partial charge >= 0.3 is 5.97 Å². The monoisotopic (exact) mass is 330 g/mol. The van der Waals surface area contributed by atoms with E-state index >= 15 is 0 Å². The Morgan fingerprint density at radius 1 is 1.12 bits per heavy atom.